The van der Waals surface area contributed by atoms with E-state index in [1.54, 1.807) is 6.07 Å². The van der Waals surface area contributed by atoms with E-state index >= 15 is 0 Å². The van der Waals surface area contributed by atoms with E-state index < -0.39 is 12.4 Å². The van der Waals surface area contributed by atoms with Crippen LogP contribution in [0.3, 0.4) is 0 Å². The van der Waals surface area contributed by atoms with Crippen LogP contribution in [-0.4, -0.2) is 19.1 Å². The molecule has 6 heteroatoms. The smallest absolute Gasteiger partial charge is 0.406 e. The molecule has 1 unspecified atom stereocenters. The maximum absolute atomic E-state index is 12.0. The van der Waals surface area contributed by atoms with Crippen LogP contribution in [0.4, 0.5) is 13.2 Å². The average molecular weight is 263 g/mol. The molecule has 1 aromatic carbocycles. The molecule has 0 radical (unpaired) electrons. The Morgan fingerprint density at radius 3 is 2.50 bits per heavy atom. The highest BCUT2D eigenvalue weighted by atomic mass is 19.4. The Bertz CT molecular complexity index is 380. The first kappa shape index (κ1) is 14.8. The van der Waals surface area contributed by atoms with Crippen LogP contribution < -0.4 is 10.5 Å². The molecule has 0 bridgehead atoms. The fourth-order valence-corrected chi connectivity index (χ4v) is 1.33. The van der Waals surface area contributed by atoms with Crippen molar-refractivity contribution in [1.29, 1.82) is 0 Å². The third-order valence-corrected chi connectivity index (χ3v) is 2.13. The highest BCUT2D eigenvalue weighted by Gasteiger charge is 2.31. The van der Waals surface area contributed by atoms with Gasteiger partial charge < -0.3 is 15.2 Å². The van der Waals surface area contributed by atoms with Gasteiger partial charge in [0.05, 0.1) is 18.8 Å². The van der Waals surface area contributed by atoms with E-state index in [9.17, 15) is 13.2 Å². The number of ether oxygens (including phenoxy) is 2. The molecular weight excluding hydrogens is 247 g/mol. The summed E-state index contributed by atoms with van der Waals surface area (Å²) in [4.78, 5) is 0. The zero-order valence-electron chi connectivity index (χ0n) is 10.2. The number of benzene rings is 1. The molecule has 18 heavy (non-hydrogen) atoms. The summed E-state index contributed by atoms with van der Waals surface area (Å²) in [6, 6.07) is 5.11. The highest BCUT2D eigenvalue weighted by Crippen LogP contribution is 2.25. The maximum atomic E-state index is 12.0. The van der Waals surface area contributed by atoms with Crippen molar-refractivity contribution in [2.24, 2.45) is 5.73 Å². The summed E-state index contributed by atoms with van der Waals surface area (Å²) in [5.41, 5.74) is 6.35. The van der Waals surface area contributed by atoms with Gasteiger partial charge in [-0.1, -0.05) is 12.1 Å². The summed E-state index contributed by atoms with van der Waals surface area (Å²) in [6.45, 7) is 3.96. The molecule has 1 rings (SSSR count). The first-order valence-corrected chi connectivity index (χ1v) is 5.51. The van der Waals surface area contributed by atoms with E-state index in [0.29, 0.717) is 5.56 Å². The lowest BCUT2D eigenvalue weighted by molar-refractivity contribution is -0.274. The van der Waals surface area contributed by atoms with Gasteiger partial charge in [0.1, 0.15) is 5.75 Å². The molecule has 0 aromatic heterocycles. The normalized spacial score (nSPS) is 13.7. The summed E-state index contributed by atoms with van der Waals surface area (Å²) in [5.74, 6) is -0.278. The molecule has 2 N–H and O–H groups in total. The molecular formula is C12H16F3NO2. The van der Waals surface area contributed by atoms with Gasteiger partial charge in [-0.05, 0) is 31.5 Å². The Balaban J connectivity index is 2.69. The number of alkyl halides is 3. The third-order valence-electron chi connectivity index (χ3n) is 2.13. The van der Waals surface area contributed by atoms with Crippen molar-refractivity contribution in [2.75, 3.05) is 6.61 Å². The van der Waals surface area contributed by atoms with Gasteiger partial charge in [-0.25, -0.2) is 0 Å². The summed E-state index contributed by atoms with van der Waals surface area (Å²) in [6.07, 6.45) is -4.68. The minimum absolute atomic E-state index is 0.0191. The maximum Gasteiger partial charge on any atom is 0.573 e. The first-order chi connectivity index (χ1) is 8.28. The number of nitrogens with two attached hydrogens (primary N) is 1. The fourth-order valence-electron chi connectivity index (χ4n) is 1.33. The Morgan fingerprint density at radius 2 is 1.94 bits per heavy atom. The second-order valence-electron chi connectivity index (χ2n) is 4.11. The third kappa shape index (κ3) is 5.37. The van der Waals surface area contributed by atoms with Crippen molar-refractivity contribution >= 4 is 0 Å². The molecule has 1 atom stereocenters. The zero-order chi connectivity index (χ0) is 13.8. The molecule has 0 saturated heterocycles. The molecule has 0 amide bonds. The predicted molar refractivity (Wildman–Crippen MR) is 61.1 cm³/mol. The minimum Gasteiger partial charge on any atom is -0.406 e. The van der Waals surface area contributed by atoms with E-state index in [2.05, 4.69) is 4.74 Å². The Labute approximate surface area is 104 Å². The Morgan fingerprint density at radius 1 is 1.28 bits per heavy atom. The van der Waals surface area contributed by atoms with Crippen molar-refractivity contribution in [1.82, 2.24) is 0 Å². The predicted octanol–water partition coefficient (Wildman–Crippen LogP) is 3.01. The van der Waals surface area contributed by atoms with Gasteiger partial charge in [0.25, 0.3) is 0 Å². The van der Waals surface area contributed by atoms with Crippen molar-refractivity contribution < 1.29 is 22.6 Å². The molecule has 0 fully saturated rings. The molecule has 3 nitrogen and oxygen atoms in total. The van der Waals surface area contributed by atoms with Crippen LogP contribution in [0.5, 0.6) is 5.75 Å². The molecule has 0 aliphatic carbocycles. The molecule has 102 valence electrons. The van der Waals surface area contributed by atoms with E-state index in [1.165, 1.54) is 18.2 Å². The number of halogens is 3. The van der Waals surface area contributed by atoms with E-state index in [0.717, 1.165) is 0 Å². The van der Waals surface area contributed by atoms with Crippen molar-refractivity contribution in [2.45, 2.75) is 32.4 Å². The molecule has 0 aliphatic heterocycles. The molecule has 0 spiro atoms. The SMILES string of the molecule is CC(C)OCC(N)c1cccc(OC(F)(F)F)c1. The molecule has 1 aromatic rings. The highest BCUT2D eigenvalue weighted by molar-refractivity contribution is 5.30. The van der Waals surface area contributed by atoms with Gasteiger partial charge >= 0.3 is 6.36 Å². The second kappa shape index (κ2) is 6.06. The first-order valence-electron chi connectivity index (χ1n) is 5.51. The zero-order valence-corrected chi connectivity index (χ0v) is 10.2. The summed E-state index contributed by atoms with van der Waals surface area (Å²) in [5, 5.41) is 0. The second-order valence-corrected chi connectivity index (χ2v) is 4.11. The van der Waals surface area contributed by atoms with Gasteiger partial charge in [-0.3, -0.25) is 0 Å². The van der Waals surface area contributed by atoms with Crippen molar-refractivity contribution in [3.63, 3.8) is 0 Å². The number of rotatable bonds is 5. The Kier molecular flexibility index (Phi) is 4.98. The lowest BCUT2D eigenvalue weighted by Gasteiger charge is -2.16. The van der Waals surface area contributed by atoms with Gasteiger partial charge in [0, 0.05) is 0 Å². The van der Waals surface area contributed by atoms with Crippen molar-refractivity contribution in [3.8, 4) is 5.75 Å². The molecule has 0 aliphatic rings. The Hall–Kier alpha value is -1.27. The topological polar surface area (TPSA) is 44.5 Å². The van der Waals surface area contributed by atoms with Crippen LogP contribution in [-0.2, 0) is 4.74 Å². The van der Waals surface area contributed by atoms with Crippen molar-refractivity contribution in [3.05, 3.63) is 29.8 Å². The van der Waals surface area contributed by atoms with E-state index in [1.807, 2.05) is 13.8 Å². The molecule has 0 saturated carbocycles. The number of hydrogen-bond acceptors (Lipinski definition) is 3. The summed E-state index contributed by atoms with van der Waals surface area (Å²) >= 11 is 0. The van der Waals surface area contributed by atoms with Crippen LogP contribution in [0.15, 0.2) is 24.3 Å². The standard InChI is InChI=1S/C12H16F3NO2/c1-8(2)17-7-11(16)9-4-3-5-10(6-9)18-12(13,14)15/h3-6,8,11H,7,16H2,1-2H3. The van der Waals surface area contributed by atoms with Gasteiger partial charge in [-0.15, -0.1) is 13.2 Å². The minimum atomic E-state index is -4.70. The monoisotopic (exact) mass is 263 g/mol. The van der Waals surface area contributed by atoms with Crippen LogP contribution in [0.1, 0.15) is 25.5 Å². The van der Waals surface area contributed by atoms with Gasteiger partial charge in [0.2, 0.25) is 0 Å². The summed E-state index contributed by atoms with van der Waals surface area (Å²) < 4.78 is 45.3. The van der Waals surface area contributed by atoms with Crippen LogP contribution >= 0.6 is 0 Å². The lowest BCUT2D eigenvalue weighted by Crippen LogP contribution is -2.20. The molecule has 0 heterocycles. The van der Waals surface area contributed by atoms with Gasteiger partial charge in [-0.2, -0.15) is 0 Å². The van der Waals surface area contributed by atoms with E-state index in [4.69, 9.17) is 10.5 Å². The summed E-state index contributed by atoms with van der Waals surface area (Å²) in [7, 11) is 0. The van der Waals surface area contributed by atoms with Crippen LogP contribution in [0.25, 0.3) is 0 Å². The fraction of sp³-hybridized carbons (Fsp3) is 0.500. The number of hydrogen-bond donors (Lipinski definition) is 1. The van der Waals surface area contributed by atoms with Crippen LogP contribution in [0, 0.1) is 0 Å². The van der Waals surface area contributed by atoms with E-state index in [-0.39, 0.29) is 18.5 Å². The lowest BCUT2D eigenvalue weighted by atomic mass is 10.1. The quantitative estimate of drug-likeness (QED) is 0.888. The van der Waals surface area contributed by atoms with Gasteiger partial charge in [0.15, 0.2) is 0 Å². The van der Waals surface area contributed by atoms with Crippen LogP contribution in [0.2, 0.25) is 0 Å². The average Bonchev–Trinajstić information content (AvgIpc) is 2.23. The largest absolute Gasteiger partial charge is 0.573 e.